The van der Waals surface area contributed by atoms with Gasteiger partial charge in [-0.15, -0.1) is 0 Å². The van der Waals surface area contributed by atoms with E-state index in [1.54, 1.807) is 6.92 Å². The molecule has 1 atom stereocenters. The predicted molar refractivity (Wildman–Crippen MR) is 55.1 cm³/mol. The zero-order chi connectivity index (χ0) is 11.6. The molecule has 0 radical (unpaired) electrons. The van der Waals surface area contributed by atoms with Gasteiger partial charge < -0.3 is 15.3 Å². The molecule has 0 heterocycles. The third kappa shape index (κ3) is 13.7. The van der Waals surface area contributed by atoms with Crippen LogP contribution in [0.25, 0.3) is 0 Å². The molecule has 3 N–H and O–H groups in total. The van der Waals surface area contributed by atoms with Crippen molar-refractivity contribution in [1.82, 2.24) is 0 Å². The second kappa shape index (κ2) is 8.72. The summed E-state index contributed by atoms with van der Waals surface area (Å²) in [7, 11) is 0. The molecule has 4 nitrogen and oxygen atoms in total. The monoisotopic (exact) mass is 204 g/mol. The third-order valence-corrected chi connectivity index (χ3v) is 1.81. The number of aliphatic carboxylic acids is 1. The van der Waals surface area contributed by atoms with Crippen LogP contribution in [0.1, 0.15) is 33.1 Å². The fourth-order valence-corrected chi connectivity index (χ4v) is 0.637. The van der Waals surface area contributed by atoms with E-state index in [0.717, 1.165) is 12.5 Å². The maximum absolute atomic E-state index is 9.34. The summed E-state index contributed by atoms with van der Waals surface area (Å²) in [5, 5.41) is 25.4. The normalized spacial score (nSPS) is 13.4. The molecule has 0 rings (SSSR count). The first kappa shape index (κ1) is 15.6. The van der Waals surface area contributed by atoms with Gasteiger partial charge >= 0.3 is 5.97 Å². The quantitative estimate of drug-likeness (QED) is 0.587. The molecule has 0 fully saturated rings. The molecular weight excluding hydrogens is 184 g/mol. The Labute approximate surface area is 84.9 Å². The highest BCUT2D eigenvalue weighted by atomic mass is 16.4. The first-order chi connectivity index (χ1) is 6.39. The van der Waals surface area contributed by atoms with E-state index in [4.69, 9.17) is 10.2 Å². The standard InChI is InChI=1S/C7H16O2.C3H4O2/c1-3-7(2,9)5-4-6-8;1-2-3(4)5/h8-9H,3-6H2,1-2H3;2H,1H2,(H,4,5). The molecule has 4 heteroatoms. The van der Waals surface area contributed by atoms with Crippen LogP contribution in [-0.2, 0) is 4.79 Å². The van der Waals surface area contributed by atoms with Crippen LogP contribution in [0.2, 0.25) is 0 Å². The molecule has 0 aromatic rings. The van der Waals surface area contributed by atoms with Gasteiger partial charge in [0.2, 0.25) is 0 Å². The lowest BCUT2D eigenvalue weighted by Crippen LogP contribution is -2.22. The lowest BCUT2D eigenvalue weighted by Gasteiger charge is -2.19. The number of aliphatic hydroxyl groups excluding tert-OH is 1. The number of rotatable bonds is 5. The van der Waals surface area contributed by atoms with Crippen LogP contribution in [0.3, 0.4) is 0 Å². The van der Waals surface area contributed by atoms with Crippen LogP contribution >= 0.6 is 0 Å². The number of hydrogen-bond donors (Lipinski definition) is 3. The molecule has 0 aliphatic carbocycles. The van der Waals surface area contributed by atoms with E-state index in [1.165, 1.54) is 0 Å². The van der Waals surface area contributed by atoms with Crippen molar-refractivity contribution in [3.63, 3.8) is 0 Å². The van der Waals surface area contributed by atoms with E-state index < -0.39 is 11.6 Å². The summed E-state index contributed by atoms with van der Waals surface area (Å²) in [6.45, 7) is 6.87. The van der Waals surface area contributed by atoms with Crippen LogP contribution in [0.4, 0.5) is 0 Å². The Morgan fingerprint density at radius 1 is 1.57 bits per heavy atom. The Bertz CT molecular complexity index is 164. The SMILES string of the molecule is C=CC(=O)O.CCC(C)(O)CCCO. The van der Waals surface area contributed by atoms with E-state index >= 15 is 0 Å². The van der Waals surface area contributed by atoms with Crippen LogP contribution in [-0.4, -0.2) is 33.5 Å². The number of hydrogen-bond acceptors (Lipinski definition) is 3. The Balaban J connectivity index is 0. The lowest BCUT2D eigenvalue weighted by molar-refractivity contribution is -0.131. The molecule has 0 amide bonds. The van der Waals surface area contributed by atoms with Crippen LogP contribution in [0, 0.1) is 0 Å². The zero-order valence-corrected chi connectivity index (χ0v) is 8.86. The van der Waals surface area contributed by atoms with Gasteiger partial charge in [0, 0.05) is 12.7 Å². The summed E-state index contributed by atoms with van der Waals surface area (Å²) < 4.78 is 0. The minimum Gasteiger partial charge on any atom is -0.478 e. The maximum Gasteiger partial charge on any atom is 0.327 e. The lowest BCUT2D eigenvalue weighted by atomic mass is 9.98. The average Bonchev–Trinajstić information content (AvgIpc) is 2.16. The summed E-state index contributed by atoms with van der Waals surface area (Å²) in [5.41, 5.74) is -0.567. The minimum absolute atomic E-state index is 0.177. The fraction of sp³-hybridized carbons (Fsp3) is 0.700. The van der Waals surface area contributed by atoms with Gasteiger partial charge in [0.1, 0.15) is 0 Å². The van der Waals surface area contributed by atoms with E-state index in [-0.39, 0.29) is 6.61 Å². The van der Waals surface area contributed by atoms with Gasteiger partial charge in [0.15, 0.2) is 0 Å². The first-order valence-electron chi connectivity index (χ1n) is 4.58. The van der Waals surface area contributed by atoms with Crippen molar-refractivity contribution >= 4 is 5.97 Å². The smallest absolute Gasteiger partial charge is 0.327 e. The number of aliphatic hydroxyl groups is 2. The van der Waals surface area contributed by atoms with Crippen molar-refractivity contribution in [3.8, 4) is 0 Å². The minimum atomic E-state index is -0.981. The maximum atomic E-state index is 9.34. The molecule has 0 saturated carbocycles. The highest BCUT2D eigenvalue weighted by molar-refractivity contribution is 5.78. The van der Waals surface area contributed by atoms with Crippen molar-refractivity contribution < 1.29 is 20.1 Å². The molecule has 0 saturated heterocycles. The molecule has 0 aliphatic heterocycles. The van der Waals surface area contributed by atoms with E-state index in [0.29, 0.717) is 12.8 Å². The molecule has 14 heavy (non-hydrogen) atoms. The number of carboxylic acid groups (broad SMARTS) is 1. The Kier molecular flexibility index (Phi) is 9.71. The highest BCUT2D eigenvalue weighted by Crippen LogP contribution is 2.14. The van der Waals surface area contributed by atoms with Crippen LogP contribution < -0.4 is 0 Å². The number of carboxylic acids is 1. The van der Waals surface area contributed by atoms with E-state index in [2.05, 4.69) is 6.58 Å². The van der Waals surface area contributed by atoms with Crippen molar-refractivity contribution in [2.24, 2.45) is 0 Å². The van der Waals surface area contributed by atoms with Crippen LogP contribution in [0.5, 0.6) is 0 Å². The van der Waals surface area contributed by atoms with Gasteiger partial charge in [0.25, 0.3) is 0 Å². The van der Waals surface area contributed by atoms with Gasteiger partial charge in [-0.1, -0.05) is 13.5 Å². The molecular formula is C10H20O4. The highest BCUT2D eigenvalue weighted by Gasteiger charge is 2.15. The fourth-order valence-electron chi connectivity index (χ4n) is 0.637. The second-order valence-corrected chi connectivity index (χ2v) is 3.22. The van der Waals surface area contributed by atoms with Gasteiger partial charge in [-0.3, -0.25) is 0 Å². The topological polar surface area (TPSA) is 77.8 Å². The van der Waals surface area contributed by atoms with Gasteiger partial charge in [0.05, 0.1) is 5.60 Å². The molecule has 1 unspecified atom stereocenters. The zero-order valence-electron chi connectivity index (χ0n) is 8.86. The van der Waals surface area contributed by atoms with Crippen molar-refractivity contribution in [2.45, 2.75) is 38.7 Å². The predicted octanol–water partition coefficient (Wildman–Crippen LogP) is 1.18. The van der Waals surface area contributed by atoms with Crippen LogP contribution in [0.15, 0.2) is 12.7 Å². The molecule has 0 aromatic heterocycles. The van der Waals surface area contributed by atoms with Crippen molar-refractivity contribution in [3.05, 3.63) is 12.7 Å². The Hall–Kier alpha value is -0.870. The molecule has 0 bridgehead atoms. The Morgan fingerprint density at radius 3 is 2.21 bits per heavy atom. The summed E-state index contributed by atoms with van der Waals surface area (Å²) in [6, 6.07) is 0. The summed E-state index contributed by atoms with van der Waals surface area (Å²) in [4.78, 5) is 9.25. The van der Waals surface area contributed by atoms with Gasteiger partial charge in [-0.05, 0) is 26.2 Å². The van der Waals surface area contributed by atoms with Crippen molar-refractivity contribution in [2.75, 3.05) is 6.61 Å². The molecule has 84 valence electrons. The largest absolute Gasteiger partial charge is 0.478 e. The second-order valence-electron chi connectivity index (χ2n) is 3.22. The third-order valence-electron chi connectivity index (χ3n) is 1.81. The van der Waals surface area contributed by atoms with Gasteiger partial charge in [-0.2, -0.15) is 0 Å². The number of carbonyl (C=O) groups is 1. The summed E-state index contributed by atoms with van der Waals surface area (Å²) in [6.07, 6.45) is 2.98. The molecule has 0 spiro atoms. The molecule has 0 aromatic carbocycles. The average molecular weight is 204 g/mol. The summed E-state index contributed by atoms with van der Waals surface area (Å²) >= 11 is 0. The first-order valence-corrected chi connectivity index (χ1v) is 4.58. The molecule has 0 aliphatic rings. The summed E-state index contributed by atoms with van der Waals surface area (Å²) in [5.74, 6) is -0.981. The van der Waals surface area contributed by atoms with Gasteiger partial charge in [-0.25, -0.2) is 4.79 Å². The van der Waals surface area contributed by atoms with E-state index in [9.17, 15) is 9.90 Å². The van der Waals surface area contributed by atoms with E-state index in [1.807, 2.05) is 6.92 Å². The Morgan fingerprint density at radius 2 is 2.00 bits per heavy atom. The van der Waals surface area contributed by atoms with Crippen molar-refractivity contribution in [1.29, 1.82) is 0 Å².